The summed E-state index contributed by atoms with van der Waals surface area (Å²) in [4.78, 5) is 12.0. The molecular weight excluding hydrogens is 250 g/mol. The molecule has 1 fully saturated rings. The maximum absolute atomic E-state index is 12.0. The van der Waals surface area contributed by atoms with Crippen LogP contribution in [0.25, 0.3) is 0 Å². The molecule has 2 aromatic carbocycles. The summed E-state index contributed by atoms with van der Waals surface area (Å²) in [6, 6.07) is 17.7. The lowest BCUT2D eigenvalue weighted by molar-refractivity contribution is -0.152. The van der Waals surface area contributed by atoms with Crippen LogP contribution in [0.3, 0.4) is 0 Å². The lowest BCUT2D eigenvalue weighted by atomic mass is 10.00. The summed E-state index contributed by atoms with van der Waals surface area (Å²) in [7, 11) is 0. The van der Waals surface area contributed by atoms with Gasteiger partial charge in [-0.2, -0.15) is 0 Å². The Morgan fingerprint density at radius 1 is 1.00 bits per heavy atom. The van der Waals surface area contributed by atoms with Crippen molar-refractivity contribution in [2.24, 2.45) is 0 Å². The molecule has 3 heteroatoms. The second-order valence-electron chi connectivity index (χ2n) is 5.10. The number of ether oxygens (including phenoxy) is 1. The predicted molar refractivity (Wildman–Crippen MR) is 77.2 cm³/mol. The minimum atomic E-state index is -0.394. The summed E-state index contributed by atoms with van der Waals surface area (Å²) in [5.74, 6) is -0.207. The number of nitrogens with one attached hydrogen (secondary N) is 1. The molecule has 3 rings (SSSR count). The molecule has 0 aromatic heterocycles. The van der Waals surface area contributed by atoms with Gasteiger partial charge >= 0.3 is 5.97 Å². The van der Waals surface area contributed by atoms with Crippen LogP contribution in [0.5, 0.6) is 0 Å². The zero-order chi connectivity index (χ0) is 13.9. The van der Waals surface area contributed by atoms with Gasteiger partial charge in [-0.05, 0) is 18.1 Å². The molecule has 1 aliphatic rings. The van der Waals surface area contributed by atoms with Crippen LogP contribution in [0.4, 0.5) is 0 Å². The second-order valence-corrected chi connectivity index (χ2v) is 5.10. The molecule has 3 nitrogen and oxygen atoms in total. The van der Waals surface area contributed by atoms with Gasteiger partial charge in [-0.3, -0.25) is 5.32 Å². The van der Waals surface area contributed by atoms with E-state index in [-0.39, 0.29) is 12.0 Å². The molecule has 1 N–H and O–H groups in total. The molecule has 2 atom stereocenters. The first-order chi connectivity index (χ1) is 9.74. The monoisotopic (exact) mass is 267 g/mol. The first-order valence-corrected chi connectivity index (χ1v) is 6.78. The van der Waals surface area contributed by atoms with E-state index < -0.39 is 6.04 Å². The number of rotatable bonds is 2. The Morgan fingerprint density at radius 3 is 2.40 bits per heavy atom. The highest BCUT2D eigenvalue weighted by Crippen LogP contribution is 2.26. The predicted octanol–water partition coefficient (Wildman–Crippen LogP) is 2.92. The molecule has 1 heterocycles. The third-order valence-corrected chi connectivity index (χ3v) is 3.61. The van der Waals surface area contributed by atoms with Crippen LogP contribution < -0.4 is 5.32 Å². The molecule has 0 amide bonds. The van der Waals surface area contributed by atoms with Crippen molar-refractivity contribution in [1.29, 1.82) is 0 Å². The number of morpholine rings is 1. The average molecular weight is 267 g/mol. The van der Waals surface area contributed by atoms with Gasteiger partial charge in [0.1, 0.15) is 12.6 Å². The number of cyclic esters (lactones) is 1. The van der Waals surface area contributed by atoms with Crippen LogP contribution in [0, 0.1) is 6.92 Å². The lowest BCUT2D eigenvalue weighted by Gasteiger charge is -2.30. The molecule has 20 heavy (non-hydrogen) atoms. The van der Waals surface area contributed by atoms with E-state index in [1.54, 1.807) is 0 Å². The number of hydrogen-bond donors (Lipinski definition) is 1. The molecule has 1 aliphatic heterocycles. The molecule has 102 valence electrons. The molecule has 0 radical (unpaired) electrons. The van der Waals surface area contributed by atoms with Crippen molar-refractivity contribution in [3.63, 3.8) is 0 Å². The van der Waals surface area contributed by atoms with Gasteiger partial charge in [0.15, 0.2) is 0 Å². The molecule has 0 saturated carbocycles. The Hall–Kier alpha value is -2.13. The maximum atomic E-state index is 12.0. The van der Waals surface area contributed by atoms with Crippen LogP contribution in [-0.4, -0.2) is 12.6 Å². The van der Waals surface area contributed by atoms with Crippen LogP contribution in [0.15, 0.2) is 54.6 Å². The summed E-state index contributed by atoms with van der Waals surface area (Å²) in [6.45, 7) is 2.41. The number of esters is 1. The summed E-state index contributed by atoms with van der Waals surface area (Å²) in [5, 5.41) is 3.38. The van der Waals surface area contributed by atoms with Crippen molar-refractivity contribution < 1.29 is 9.53 Å². The molecule has 0 spiro atoms. The number of aryl methyl sites for hydroxylation is 1. The van der Waals surface area contributed by atoms with Crippen molar-refractivity contribution >= 4 is 5.97 Å². The first-order valence-electron chi connectivity index (χ1n) is 6.78. The molecule has 0 bridgehead atoms. The number of hydrogen-bond acceptors (Lipinski definition) is 3. The van der Waals surface area contributed by atoms with E-state index in [9.17, 15) is 4.79 Å². The topological polar surface area (TPSA) is 38.3 Å². The SMILES string of the molecule is Cc1ccc([C@H]2N[C@H](c3ccccc3)COC2=O)cc1. The van der Waals surface area contributed by atoms with E-state index in [2.05, 4.69) is 5.32 Å². The van der Waals surface area contributed by atoms with E-state index in [1.807, 2.05) is 61.5 Å². The first kappa shape index (κ1) is 12.9. The van der Waals surface area contributed by atoms with Crippen LogP contribution in [-0.2, 0) is 9.53 Å². The van der Waals surface area contributed by atoms with Crippen LogP contribution in [0.2, 0.25) is 0 Å². The highest BCUT2D eigenvalue weighted by Gasteiger charge is 2.31. The molecule has 0 unspecified atom stereocenters. The van der Waals surface area contributed by atoms with E-state index in [4.69, 9.17) is 4.74 Å². The highest BCUT2D eigenvalue weighted by molar-refractivity contribution is 5.78. The van der Waals surface area contributed by atoms with Crippen LogP contribution >= 0.6 is 0 Å². The Kier molecular flexibility index (Phi) is 3.52. The smallest absolute Gasteiger partial charge is 0.327 e. The zero-order valence-corrected chi connectivity index (χ0v) is 11.4. The van der Waals surface area contributed by atoms with E-state index in [1.165, 1.54) is 5.56 Å². The maximum Gasteiger partial charge on any atom is 0.327 e. The van der Waals surface area contributed by atoms with Gasteiger partial charge in [0, 0.05) is 0 Å². The van der Waals surface area contributed by atoms with Gasteiger partial charge in [0.25, 0.3) is 0 Å². The summed E-state index contributed by atoms with van der Waals surface area (Å²) >= 11 is 0. The third-order valence-electron chi connectivity index (χ3n) is 3.61. The Balaban J connectivity index is 1.83. The number of carbonyl (C=O) groups excluding carboxylic acids is 1. The van der Waals surface area contributed by atoms with E-state index in [0.717, 1.165) is 11.1 Å². The number of benzene rings is 2. The molecule has 2 aromatic rings. The minimum Gasteiger partial charge on any atom is -0.462 e. The molecular formula is C17H17NO2. The third kappa shape index (κ3) is 2.58. The summed E-state index contributed by atoms with van der Waals surface area (Å²) in [6.07, 6.45) is 0. The van der Waals surface area contributed by atoms with Gasteiger partial charge in [-0.25, -0.2) is 4.79 Å². The van der Waals surface area contributed by atoms with Gasteiger partial charge < -0.3 is 4.74 Å². The van der Waals surface area contributed by atoms with Crippen molar-refractivity contribution in [3.05, 3.63) is 71.3 Å². The van der Waals surface area contributed by atoms with Crippen molar-refractivity contribution in [3.8, 4) is 0 Å². The van der Waals surface area contributed by atoms with Gasteiger partial charge in [-0.1, -0.05) is 60.2 Å². The van der Waals surface area contributed by atoms with Gasteiger partial charge in [0.2, 0.25) is 0 Å². The fourth-order valence-electron chi connectivity index (χ4n) is 2.44. The normalized spacial score (nSPS) is 22.4. The minimum absolute atomic E-state index is 0.0419. The number of carbonyl (C=O) groups is 1. The van der Waals surface area contributed by atoms with E-state index >= 15 is 0 Å². The lowest BCUT2D eigenvalue weighted by Crippen LogP contribution is -2.41. The Labute approximate surface area is 118 Å². The molecule has 1 saturated heterocycles. The van der Waals surface area contributed by atoms with Gasteiger partial charge in [-0.15, -0.1) is 0 Å². The molecule has 0 aliphatic carbocycles. The Bertz CT molecular complexity index is 592. The summed E-state index contributed by atoms with van der Waals surface area (Å²) < 4.78 is 5.34. The van der Waals surface area contributed by atoms with Crippen LogP contribution in [0.1, 0.15) is 28.8 Å². The average Bonchev–Trinajstić information content (AvgIpc) is 2.50. The largest absolute Gasteiger partial charge is 0.462 e. The van der Waals surface area contributed by atoms with Crippen molar-refractivity contribution in [1.82, 2.24) is 5.32 Å². The standard InChI is InChI=1S/C17H17NO2/c1-12-7-9-14(10-8-12)16-17(19)20-11-15(18-16)13-5-3-2-4-6-13/h2-10,15-16,18H,11H2,1H3/t15-,16+/m0/s1. The second kappa shape index (κ2) is 5.47. The van der Waals surface area contributed by atoms with E-state index in [0.29, 0.717) is 6.61 Å². The zero-order valence-electron chi connectivity index (χ0n) is 11.4. The fourth-order valence-corrected chi connectivity index (χ4v) is 2.44. The Morgan fingerprint density at radius 2 is 1.70 bits per heavy atom. The van der Waals surface area contributed by atoms with Crippen molar-refractivity contribution in [2.75, 3.05) is 6.61 Å². The highest BCUT2D eigenvalue weighted by atomic mass is 16.5. The van der Waals surface area contributed by atoms with Crippen molar-refractivity contribution in [2.45, 2.75) is 19.0 Å². The summed E-state index contributed by atoms with van der Waals surface area (Å²) in [5.41, 5.74) is 3.26. The fraction of sp³-hybridized carbons (Fsp3) is 0.235. The van der Waals surface area contributed by atoms with Gasteiger partial charge in [0.05, 0.1) is 6.04 Å². The quantitative estimate of drug-likeness (QED) is 0.850.